The summed E-state index contributed by atoms with van der Waals surface area (Å²) in [6.45, 7) is 8.98. The van der Waals surface area contributed by atoms with Gasteiger partial charge in [0, 0.05) is 31.1 Å². The number of hydrogen-bond acceptors (Lipinski definition) is 4. The van der Waals surface area contributed by atoms with Crippen LogP contribution < -0.4 is 15.4 Å². The zero-order chi connectivity index (χ0) is 19.9. The van der Waals surface area contributed by atoms with Crippen LogP contribution in [0.1, 0.15) is 47.5 Å². The number of carbonyl (C=O) groups excluding carboxylic acids is 2. The second kappa shape index (κ2) is 9.68. The third-order valence-corrected chi connectivity index (χ3v) is 5.53. The summed E-state index contributed by atoms with van der Waals surface area (Å²) >= 11 is 0. The predicted molar refractivity (Wildman–Crippen MR) is 102 cm³/mol. The van der Waals surface area contributed by atoms with Crippen LogP contribution in [0.5, 0.6) is 0 Å². The number of amides is 2. The molecule has 7 nitrogen and oxygen atoms in total. The summed E-state index contributed by atoms with van der Waals surface area (Å²) in [7, 11) is -3.77. The highest BCUT2D eigenvalue weighted by molar-refractivity contribution is 7.89. The normalized spacial score (nSPS) is 13.9. The number of hydrogen-bond donors (Lipinski definition) is 3. The zero-order valence-electron chi connectivity index (χ0n) is 16.0. The van der Waals surface area contributed by atoms with E-state index >= 15 is 0 Å². The van der Waals surface area contributed by atoms with Gasteiger partial charge in [0.05, 0.1) is 4.90 Å². The summed E-state index contributed by atoms with van der Waals surface area (Å²) in [4.78, 5) is 23.2. The van der Waals surface area contributed by atoms with E-state index in [-0.39, 0.29) is 35.1 Å². The summed E-state index contributed by atoms with van der Waals surface area (Å²) < 4.78 is 27.8. The molecular weight excluding hydrogens is 354 g/mol. The van der Waals surface area contributed by atoms with Crippen molar-refractivity contribution in [1.29, 1.82) is 0 Å². The molecule has 8 heteroatoms. The van der Waals surface area contributed by atoms with Gasteiger partial charge in [-0.25, -0.2) is 13.1 Å². The molecule has 0 heterocycles. The lowest BCUT2D eigenvalue weighted by Gasteiger charge is -2.23. The van der Waals surface area contributed by atoms with E-state index in [1.165, 1.54) is 31.2 Å². The third-order valence-electron chi connectivity index (χ3n) is 4.02. The van der Waals surface area contributed by atoms with Crippen LogP contribution in [0, 0.1) is 5.92 Å². The highest BCUT2D eigenvalue weighted by Gasteiger charge is 2.25. The first kappa shape index (κ1) is 22.1. The van der Waals surface area contributed by atoms with E-state index in [0.717, 1.165) is 6.42 Å². The van der Waals surface area contributed by atoms with Gasteiger partial charge in [-0.1, -0.05) is 20.8 Å². The van der Waals surface area contributed by atoms with Crippen LogP contribution in [0.15, 0.2) is 29.2 Å². The van der Waals surface area contributed by atoms with Crippen molar-refractivity contribution in [3.05, 3.63) is 24.3 Å². The maximum absolute atomic E-state index is 12.6. The smallest absolute Gasteiger partial charge is 0.240 e. The molecule has 2 atom stereocenters. The van der Waals surface area contributed by atoms with Gasteiger partial charge in [0.25, 0.3) is 0 Å². The molecule has 2 amide bonds. The van der Waals surface area contributed by atoms with Crippen LogP contribution in [0.25, 0.3) is 0 Å². The van der Waals surface area contributed by atoms with Gasteiger partial charge in [-0.15, -0.1) is 0 Å². The average Bonchev–Trinajstić information content (AvgIpc) is 2.53. The van der Waals surface area contributed by atoms with Gasteiger partial charge in [-0.3, -0.25) is 9.59 Å². The summed E-state index contributed by atoms with van der Waals surface area (Å²) in [6.07, 6.45) is 0.885. The second-order valence-electron chi connectivity index (χ2n) is 6.76. The number of anilines is 1. The van der Waals surface area contributed by atoms with Crippen molar-refractivity contribution in [3.8, 4) is 0 Å². The van der Waals surface area contributed by atoms with Gasteiger partial charge in [0.2, 0.25) is 21.8 Å². The minimum absolute atomic E-state index is 0.0493. The van der Waals surface area contributed by atoms with Gasteiger partial charge in [0.15, 0.2) is 0 Å². The molecule has 0 aliphatic heterocycles. The first-order chi connectivity index (χ1) is 12.0. The Morgan fingerprint density at radius 1 is 1.08 bits per heavy atom. The molecule has 1 aromatic carbocycles. The number of carbonyl (C=O) groups is 2. The van der Waals surface area contributed by atoms with Crippen molar-refractivity contribution >= 4 is 27.5 Å². The monoisotopic (exact) mass is 383 g/mol. The Bertz CT molecular complexity index is 714. The van der Waals surface area contributed by atoms with Crippen LogP contribution in [0.4, 0.5) is 5.69 Å². The summed E-state index contributed by atoms with van der Waals surface area (Å²) in [5, 5.41) is 5.44. The second-order valence-corrected chi connectivity index (χ2v) is 8.47. The van der Waals surface area contributed by atoms with Crippen LogP contribution in [0.3, 0.4) is 0 Å². The molecule has 0 bridgehead atoms. The Morgan fingerprint density at radius 2 is 1.65 bits per heavy atom. The third kappa shape index (κ3) is 7.13. The van der Waals surface area contributed by atoms with E-state index in [1.54, 1.807) is 0 Å². The highest BCUT2D eigenvalue weighted by atomic mass is 32.2. The number of benzene rings is 1. The molecule has 0 unspecified atom stereocenters. The SMILES string of the molecule is CC[C@@H](C)NC(=O)C[C@H](NS(=O)(=O)c1ccc(NC(C)=O)cc1)C(C)C. The first-order valence-electron chi connectivity index (χ1n) is 8.74. The molecular formula is C18H29N3O4S. The van der Waals surface area contributed by atoms with Crippen molar-refractivity contribution in [2.75, 3.05) is 5.32 Å². The zero-order valence-corrected chi connectivity index (χ0v) is 16.8. The van der Waals surface area contributed by atoms with Crippen molar-refractivity contribution in [2.24, 2.45) is 5.92 Å². The topological polar surface area (TPSA) is 104 Å². The van der Waals surface area contributed by atoms with Crippen molar-refractivity contribution in [2.45, 2.75) is 64.4 Å². The van der Waals surface area contributed by atoms with Gasteiger partial charge in [0.1, 0.15) is 0 Å². The van der Waals surface area contributed by atoms with E-state index in [1.807, 2.05) is 27.7 Å². The molecule has 0 saturated heterocycles. The largest absolute Gasteiger partial charge is 0.354 e. The minimum atomic E-state index is -3.77. The number of rotatable bonds is 9. The van der Waals surface area contributed by atoms with Gasteiger partial charge < -0.3 is 10.6 Å². The van der Waals surface area contributed by atoms with Crippen LogP contribution in [-0.4, -0.2) is 32.3 Å². The lowest BCUT2D eigenvalue weighted by atomic mass is 10.0. The Labute approximate surface area is 156 Å². The molecule has 0 aromatic heterocycles. The Morgan fingerprint density at radius 3 is 2.12 bits per heavy atom. The van der Waals surface area contributed by atoms with Gasteiger partial charge >= 0.3 is 0 Å². The Hall–Kier alpha value is -1.93. The molecule has 0 saturated carbocycles. The van der Waals surface area contributed by atoms with Crippen molar-refractivity contribution in [3.63, 3.8) is 0 Å². The minimum Gasteiger partial charge on any atom is -0.354 e. The van der Waals surface area contributed by atoms with Gasteiger partial charge in [-0.05, 0) is 43.5 Å². The summed E-state index contributed by atoms with van der Waals surface area (Å²) in [5.74, 6) is -0.459. The van der Waals surface area contributed by atoms with E-state index in [0.29, 0.717) is 5.69 Å². The first-order valence-corrected chi connectivity index (χ1v) is 10.2. The molecule has 0 aliphatic rings. The van der Waals surface area contributed by atoms with E-state index in [9.17, 15) is 18.0 Å². The lowest BCUT2D eigenvalue weighted by molar-refractivity contribution is -0.122. The lowest BCUT2D eigenvalue weighted by Crippen LogP contribution is -2.43. The fraction of sp³-hybridized carbons (Fsp3) is 0.556. The molecule has 146 valence electrons. The quantitative estimate of drug-likeness (QED) is 0.608. The highest BCUT2D eigenvalue weighted by Crippen LogP contribution is 2.17. The molecule has 0 radical (unpaired) electrons. The Balaban J connectivity index is 2.86. The number of nitrogens with one attached hydrogen (secondary N) is 3. The molecule has 3 N–H and O–H groups in total. The summed E-state index contributed by atoms with van der Waals surface area (Å²) in [6, 6.07) is 5.42. The summed E-state index contributed by atoms with van der Waals surface area (Å²) in [5.41, 5.74) is 0.518. The van der Waals surface area contributed by atoms with E-state index < -0.39 is 16.1 Å². The Kier molecular flexibility index (Phi) is 8.23. The average molecular weight is 384 g/mol. The standard InChI is InChI=1S/C18H29N3O4S/c1-6-13(4)19-18(23)11-17(12(2)3)21-26(24,25)16-9-7-15(8-10-16)20-14(5)22/h7-10,12-13,17,21H,6,11H2,1-5H3,(H,19,23)(H,20,22)/t13-,17+/m1/s1. The molecule has 26 heavy (non-hydrogen) atoms. The predicted octanol–water partition coefficient (Wildman–Crippen LogP) is 2.25. The van der Waals surface area contributed by atoms with Crippen LogP contribution in [0.2, 0.25) is 0 Å². The molecule has 0 aliphatic carbocycles. The van der Waals surface area contributed by atoms with E-state index in [2.05, 4.69) is 15.4 Å². The maximum atomic E-state index is 12.6. The fourth-order valence-corrected chi connectivity index (χ4v) is 3.62. The van der Waals surface area contributed by atoms with Crippen molar-refractivity contribution < 1.29 is 18.0 Å². The van der Waals surface area contributed by atoms with Crippen molar-refractivity contribution in [1.82, 2.24) is 10.0 Å². The van der Waals surface area contributed by atoms with E-state index in [4.69, 9.17) is 0 Å². The fourth-order valence-electron chi connectivity index (χ4n) is 2.24. The maximum Gasteiger partial charge on any atom is 0.240 e. The number of sulfonamides is 1. The van der Waals surface area contributed by atoms with Crippen LogP contribution >= 0.6 is 0 Å². The molecule has 1 rings (SSSR count). The van der Waals surface area contributed by atoms with Gasteiger partial charge in [-0.2, -0.15) is 0 Å². The molecule has 0 spiro atoms. The molecule has 0 fully saturated rings. The molecule has 1 aromatic rings. The van der Waals surface area contributed by atoms with Crippen LogP contribution in [-0.2, 0) is 19.6 Å².